The minimum absolute atomic E-state index is 0.609. The maximum Gasteiger partial charge on any atom is 0.0682 e. The molecule has 0 radical (unpaired) electrons. The van der Waals surface area contributed by atoms with E-state index in [1.165, 1.54) is 4.88 Å². The van der Waals surface area contributed by atoms with Crippen LogP contribution in [0.1, 0.15) is 30.3 Å². The highest BCUT2D eigenvalue weighted by atomic mass is 32.1. The number of hydrogen-bond acceptors (Lipinski definition) is 3. The van der Waals surface area contributed by atoms with Crippen LogP contribution in [0.3, 0.4) is 0 Å². The minimum atomic E-state index is 0.609. The zero-order chi connectivity index (χ0) is 8.27. The highest BCUT2D eigenvalue weighted by Crippen LogP contribution is 2.19. The van der Waals surface area contributed by atoms with Gasteiger partial charge in [-0.1, -0.05) is 13.8 Å². The normalized spacial score (nSPS) is 10.9. The topological polar surface area (TPSA) is 24.9 Å². The smallest absolute Gasteiger partial charge is 0.0682 e. The Morgan fingerprint density at radius 3 is 2.82 bits per heavy atom. The fourth-order valence-electron chi connectivity index (χ4n) is 0.865. The summed E-state index contributed by atoms with van der Waals surface area (Å²) in [4.78, 5) is 1.37. The SMILES string of the molecule is CNCc1cc(C(C)C)sn1. The molecule has 0 fully saturated rings. The van der Waals surface area contributed by atoms with E-state index in [9.17, 15) is 0 Å². The molecule has 1 aromatic heterocycles. The molecule has 0 amide bonds. The van der Waals surface area contributed by atoms with Crippen LogP contribution in [0.2, 0.25) is 0 Å². The third-order valence-electron chi connectivity index (χ3n) is 1.50. The van der Waals surface area contributed by atoms with Crippen molar-refractivity contribution in [3.8, 4) is 0 Å². The van der Waals surface area contributed by atoms with Gasteiger partial charge in [-0.25, -0.2) is 0 Å². The molecule has 0 aromatic carbocycles. The van der Waals surface area contributed by atoms with Gasteiger partial charge in [-0.3, -0.25) is 0 Å². The molecule has 0 atom stereocenters. The second-order valence-electron chi connectivity index (χ2n) is 2.91. The van der Waals surface area contributed by atoms with Gasteiger partial charge in [0.15, 0.2) is 0 Å². The van der Waals surface area contributed by atoms with Crippen LogP contribution in [-0.2, 0) is 6.54 Å². The molecule has 0 aliphatic carbocycles. The summed E-state index contributed by atoms with van der Waals surface area (Å²) in [7, 11) is 1.94. The van der Waals surface area contributed by atoms with Gasteiger partial charge in [-0.15, -0.1) is 0 Å². The van der Waals surface area contributed by atoms with Crippen molar-refractivity contribution >= 4 is 11.5 Å². The van der Waals surface area contributed by atoms with Crippen LogP contribution in [0, 0.1) is 0 Å². The van der Waals surface area contributed by atoms with E-state index in [0.717, 1.165) is 12.2 Å². The van der Waals surface area contributed by atoms with Crippen LogP contribution in [0.25, 0.3) is 0 Å². The van der Waals surface area contributed by atoms with Crippen molar-refractivity contribution in [2.24, 2.45) is 0 Å². The Hall–Kier alpha value is -0.410. The lowest BCUT2D eigenvalue weighted by molar-refractivity contribution is 0.799. The van der Waals surface area contributed by atoms with Gasteiger partial charge in [0, 0.05) is 11.4 Å². The van der Waals surface area contributed by atoms with Gasteiger partial charge in [-0.05, 0) is 30.6 Å². The van der Waals surface area contributed by atoms with E-state index in [-0.39, 0.29) is 0 Å². The Morgan fingerprint density at radius 1 is 1.64 bits per heavy atom. The summed E-state index contributed by atoms with van der Waals surface area (Å²) in [6.45, 7) is 5.26. The molecule has 0 unspecified atom stereocenters. The van der Waals surface area contributed by atoms with Gasteiger partial charge in [0.1, 0.15) is 0 Å². The number of rotatable bonds is 3. The van der Waals surface area contributed by atoms with Crippen molar-refractivity contribution in [3.05, 3.63) is 16.6 Å². The zero-order valence-electron chi connectivity index (χ0n) is 7.22. The Balaban J connectivity index is 2.66. The summed E-state index contributed by atoms with van der Waals surface area (Å²) in [5.74, 6) is 0.609. The quantitative estimate of drug-likeness (QED) is 0.750. The molecule has 0 aliphatic rings. The van der Waals surface area contributed by atoms with Crippen molar-refractivity contribution < 1.29 is 0 Å². The van der Waals surface area contributed by atoms with E-state index >= 15 is 0 Å². The lowest BCUT2D eigenvalue weighted by atomic mass is 10.2. The maximum absolute atomic E-state index is 4.31. The summed E-state index contributed by atoms with van der Waals surface area (Å²) < 4.78 is 4.31. The van der Waals surface area contributed by atoms with Crippen LogP contribution >= 0.6 is 11.5 Å². The molecule has 1 aromatic rings. The molecule has 62 valence electrons. The highest BCUT2D eigenvalue weighted by molar-refractivity contribution is 7.05. The number of hydrogen-bond donors (Lipinski definition) is 1. The maximum atomic E-state index is 4.31. The van der Waals surface area contributed by atoms with E-state index in [0.29, 0.717) is 5.92 Å². The average molecular weight is 170 g/mol. The first-order valence-corrected chi connectivity index (χ1v) is 4.61. The van der Waals surface area contributed by atoms with Gasteiger partial charge in [-0.2, -0.15) is 4.37 Å². The van der Waals surface area contributed by atoms with Crippen molar-refractivity contribution in [3.63, 3.8) is 0 Å². The monoisotopic (exact) mass is 170 g/mol. The van der Waals surface area contributed by atoms with E-state index in [1.807, 2.05) is 7.05 Å². The van der Waals surface area contributed by atoms with Crippen LogP contribution < -0.4 is 5.32 Å². The molecule has 1 N–H and O–H groups in total. The molecular formula is C8H14N2S. The van der Waals surface area contributed by atoms with Gasteiger partial charge >= 0.3 is 0 Å². The molecule has 3 heteroatoms. The average Bonchev–Trinajstić information content (AvgIpc) is 2.37. The first-order valence-electron chi connectivity index (χ1n) is 3.84. The third-order valence-corrected chi connectivity index (χ3v) is 2.63. The second-order valence-corrected chi connectivity index (χ2v) is 3.74. The number of nitrogens with one attached hydrogen (secondary N) is 1. The van der Waals surface area contributed by atoms with Crippen molar-refractivity contribution in [1.29, 1.82) is 0 Å². The fourth-order valence-corrected chi connectivity index (χ4v) is 1.60. The van der Waals surface area contributed by atoms with Crippen molar-refractivity contribution in [1.82, 2.24) is 9.69 Å². The van der Waals surface area contributed by atoms with E-state index in [1.54, 1.807) is 11.5 Å². The van der Waals surface area contributed by atoms with Crippen LogP contribution in [-0.4, -0.2) is 11.4 Å². The second kappa shape index (κ2) is 3.83. The van der Waals surface area contributed by atoms with Crippen LogP contribution in [0.5, 0.6) is 0 Å². The predicted molar refractivity (Wildman–Crippen MR) is 49.0 cm³/mol. The molecule has 0 saturated heterocycles. The van der Waals surface area contributed by atoms with Crippen molar-refractivity contribution in [2.75, 3.05) is 7.05 Å². The summed E-state index contributed by atoms with van der Waals surface area (Å²) in [6.07, 6.45) is 0. The minimum Gasteiger partial charge on any atom is -0.314 e. The van der Waals surface area contributed by atoms with Gasteiger partial charge in [0.05, 0.1) is 5.69 Å². The fraction of sp³-hybridized carbons (Fsp3) is 0.625. The van der Waals surface area contributed by atoms with Crippen LogP contribution in [0.15, 0.2) is 6.07 Å². The highest BCUT2D eigenvalue weighted by Gasteiger charge is 2.03. The number of aromatic nitrogens is 1. The predicted octanol–water partition coefficient (Wildman–Crippen LogP) is 1.99. The number of nitrogens with zero attached hydrogens (tertiary/aromatic N) is 1. The largest absolute Gasteiger partial charge is 0.314 e. The van der Waals surface area contributed by atoms with E-state index in [4.69, 9.17) is 0 Å². The summed E-state index contributed by atoms with van der Waals surface area (Å²) in [5.41, 5.74) is 1.15. The standard InChI is InChI=1S/C8H14N2S/c1-6(2)8-4-7(5-9-3)10-11-8/h4,6,9H,5H2,1-3H3. The Morgan fingerprint density at radius 2 is 2.36 bits per heavy atom. The molecule has 0 spiro atoms. The molecule has 0 saturated carbocycles. The van der Waals surface area contributed by atoms with Gasteiger partial charge in [0.2, 0.25) is 0 Å². The molecule has 0 aliphatic heterocycles. The lowest BCUT2D eigenvalue weighted by Crippen LogP contribution is -2.04. The molecule has 1 heterocycles. The molecular weight excluding hydrogens is 156 g/mol. The van der Waals surface area contributed by atoms with Gasteiger partial charge < -0.3 is 5.32 Å². The molecule has 0 bridgehead atoms. The molecule has 1 rings (SSSR count). The molecule has 2 nitrogen and oxygen atoms in total. The lowest BCUT2D eigenvalue weighted by Gasteiger charge is -1.95. The third kappa shape index (κ3) is 2.27. The Labute approximate surface area is 71.8 Å². The Bertz CT molecular complexity index is 218. The van der Waals surface area contributed by atoms with Crippen LogP contribution in [0.4, 0.5) is 0 Å². The summed E-state index contributed by atoms with van der Waals surface area (Å²) in [5, 5.41) is 3.08. The first kappa shape index (κ1) is 8.68. The summed E-state index contributed by atoms with van der Waals surface area (Å²) in [6, 6.07) is 2.17. The Kier molecular flexibility index (Phi) is 3.02. The molecule has 11 heavy (non-hydrogen) atoms. The first-order chi connectivity index (χ1) is 5.24. The summed E-state index contributed by atoms with van der Waals surface area (Å²) >= 11 is 1.61. The zero-order valence-corrected chi connectivity index (χ0v) is 8.03. The van der Waals surface area contributed by atoms with E-state index < -0.39 is 0 Å². The van der Waals surface area contributed by atoms with E-state index in [2.05, 4.69) is 29.6 Å². The van der Waals surface area contributed by atoms with Gasteiger partial charge in [0.25, 0.3) is 0 Å². The van der Waals surface area contributed by atoms with Crippen molar-refractivity contribution in [2.45, 2.75) is 26.3 Å².